The molecule has 206 valence electrons. The van der Waals surface area contributed by atoms with Gasteiger partial charge in [-0.15, -0.1) is 0 Å². The summed E-state index contributed by atoms with van der Waals surface area (Å²) in [5.41, 5.74) is 2.46. The number of para-hydroxylation sites is 2. The highest BCUT2D eigenvalue weighted by Gasteiger charge is 2.21. The van der Waals surface area contributed by atoms with Crippen molar-refractivity contribution in [3.63, 3.8) is 0 Å². The molecule has 3 aromatic heterocycles. The summed E-state index contributed by atoms with van der Waals surface area (Å²) in [5.74, 6) is 0.364. The maximum Gasteiger partial charge on any atom is 0.238 e. The van der Waals surface area contributed by atoms with E-state index in [0.29, 0.717) is 11.1 Å². The highest BCUT2D eigenvalue weighted by molar-refractivity contribution is 6.27. The van der Waals surface area contributed by atoms with E-state index in [4.69, 9.17) is 31.7 Å². The molecule has 0 radical (unpaired) electrons. The third-order valence-corrected chi connectivity index (χ3v) is 7.56. The Morgan fingerprint density at radius 3 is 1.98 bits per heavy atom. The summed E-state index contributed by atoms with van der Waals surface area (Å²) in [6.07, 6.45) is 0. The smallest absolute Gasteiger partial charge is 0.238 e. The molecule has 0 atom stereocenters. The van der Waals surface area contributed by atoms with Gasteiger partial charge in [-0.3, -0.25) is 4.57 Å². The Labute approximate surface area is 266 Å². The molecule has 6 aromatic carbocycles. The van der Waals surface area contributed by atoms with Crippen LogP contribution in [0.3, 0.4) is 0 Å². The number of benzene rings is 6. The maximum atomic E-state index is 9.34. The summed E-state index contributed by atoms with van der Waals surface area (Å²) < 4.78 is 95.4. The molecule has 0 fully saturated rings. The van der Waals surface area contributed by atoms with Crippen molar-refractivity contribution in [1.29, 1.82) is 0 Å². The molecule has 0 aliphatic carbocycles. The average Bonchev–Trinajstić information content (AvgIpc) is 3.78. The number of furan rings is 1. The van der Waals surface area contributed by atoms with Crippen LogP contribution in [0.15, 0.2) is 150 Å². The molecule has 0 amide bonds. The standard InChI is InChI=1S/C39H24N4O/c1-3-12-25(13-4-1)27-16-11-17-28(24-27)38-40-37(26-14-5-2-6-15-26)41-39(42-38)43-31-20-9-7-18-29(31)35-32(43)22-23-34-36(35)30-19-8-10-21-33(30)44-34/h1-24H/i7D,8D,9D,10D,18D,19D,20D,21D,22D,23D. The topological polar surface area (TPSA) is 56.7 Å². The van der Waals surface area contributed by atoms with E-state index in [1.54, 1.807) is 0 Å². The average molecular weight is 575 g/mol. The summed E-state index contributed by atoms with van der Waals surface area (Å²) in [6, 6.07) is 21.5. The molecule has 3 heterocycles. The van der Waals surface area contributed by atoms with Gasteiger partial charge in [-0.2, -0.15) is 9.97 Å². The van der Waals surface area contributed by atoms with E-state index in [-0.39, 0.29) is 61.3 Å². The molecule has 0 saturated carbocycles. The Kier molecular flexibility index (Phi) is 3.66. The van der Waals surface area contributed by atoms with Crippen molar-refractivity contribution in [2.24, 2.45) is 0 Å². The molecule has 5 nitrogen and oxygen atoms in total. The van der Waals surface area contributed by atoms with Gasteiger partial charge in [-0.05, 0) is 41.4 Å². The third-order valence-electron chi connectivity index (χ3n) is 7.56. The zero-order valence-electron chi connectivity index (χ0n) is 32.8. The van der Waals surface area contributed by atoms with Crippen molar-refractivity contribution in [3.05, 3.63) is 145 Å². The molecule has 0 aliphatic rings. The second-order valence-electron chi connectivity index (χ2n) is 10.1. The Balaban J connectivity index is 1.48. The number of rotatable bonds is 4. The van der Waals surface area contributed by atoms with Crippen molar-refractivity contribution in [3.8, 4) is 39.9 Å². The van der Waals surface area contributed by atoms with E-state index in [1.165, 1.54) is 4.57 Å². The van der Waals surface area contributed by atoms with Crippen LogP contribution in [-0.4, -0.2) is 19.5 Å². The van der Waals surface area contributed by atoms with Crippen LogP contribution in [0.5, 0.6) is 0 Å². The first-order chi connectivity index (χ1) is 26.0. The zero-order valence-corrected chi connectivity index (χ0v) is 22.8. The zero-order chi connectivity index (χ0) is 37.7. The van der Waals surface area contributed by atoms with Gasteiger partial charge < -0.3 is 4.42 Å². The lowest BCUT2D eigenvalue weighted by atomic mass is 10.0. The van der Waals surface area contributed by atoms with Crippen molar-refractivity contribution in [2.75, 3.05) is 0 Å². The van der Waals surface area contributed by atoms with E-state index < -0.39 is 60.4 Å². The van der Waals surface area contributed by atoms with Gasteiger partial charge >= 0.3 is 0 Å². The summed E-state index contributed by atoms with van der Waals surface area (Å²) in [6.45, 7) is 0. The van der Waals surface area contributed by atoms with Gasteiger partial charge in [0.05, 0.1) is 24.7 Å². The molecule has 0 saturated heterocycles. The van der Waals surface area contributed by atoms with Gasteiger partial charge in [0.15, 0.2) is 11.6 Å². The van der Waals surface area contributed by atoms with Crippen LogP contribution in [0, 0.1) is 0 Å². The summed E-state index contributed by atoms with van der Waals surface area (Å²) in [4.78, 5) is 14.6. The molecule has 0 aliphatic heterocycles. The molecular formula is C39H24N4O. The summed E-state index contributed by atoms with van der Waals surface area (Å²) in [7, 11) is 0. The molecule has 0 N–H and O–H groups in total. The van der Waals surface area contributed by atoms with E-state index in [0.717, 1.165) is 11.1 Å². The molecule has 9 rings (SSSR count). The van der Waals surface area contributed by atoms with Crippen LogP contribution in [0.4, 0.5) is 0 Å². The maximum absolute atomic E-state index is 9.34. The fourth-order valence-corrected chi connectivity index (χ4v) is 5.60. The highest BCUT2D eigenvalue weighted by Crippen LogP contribution is 2.41. The Morgan fingerprint density at radius 2 is 1.16 bits per heavy atom. The first-order valence-electron chi connectivity index (χ1n) is 18.8. The molecule has 0 unspecified atom stereocenters. The number of nitrogens with zero attached hydrogens (tertiary/aromatic N) is 4. The third kappa shape index (κ3) is 3.83. The van der Waals surface area contributed by atoms with Gasteiger partial charge in [-0.1, -0.05) is 115 Å². The van der Waals surface area contributed by atoms with Crippen molar-refractivity contribution in [1.82, 2.24) is 19.5 Å². The minimum atomic E-state index is -0.560. The Bertz CT molecular complexity index is 3060. The minimum absolute atomic E-state index is 0.00917. The highest BCUT2D eigenvalue weighted by atomic mass is 16.3. The number of hydrogen-bond donors (Lipinski definition) is 0. The van der Waals surface area contributed by atoms with Crippen LogP contribution < -0.4 is 0 Å². The quantitative estimate of drug-likeness (QED) is 0.210. The monoisotopic (exact) mass is 574 g/mol. The van der Waals surface area contributed by atoms with Crippen LogP contribution in [0.2, 0.25) is 0 Å². The second-order valence-corrected chi connectivity index (χ2v) is 10.1. The van der Waals surface area contributed by atoms with E-state index in [9.17, 15) is 1.37 Å². The van der Waals surface area contributed by atoms with Crippen LogP contribution in [-0.2, 0) is 0 Å². The lowest BCUT2D eigenvalue weighted by Crippen LogP contribution is -2.06. The van der Waals surface area contributed by atoms with Crippen LogP contribution in [0.1, 0.15) is 13.7 Å². The van der Waals surface area contributed by atoms with E-state index in [2.05, 4.69) is 0 Å². The molecule has 9 aromatic rings. The minimum Gasteiger partial charge on any atom is -0.456 e. The van der Waals surface area contributed by atoms with Crippen LogP contribution in [0.25, 0.3) is 83.6 Å². The normalized spacial score (nSPS) is 14.8. The SMILES string of the molecule is [2H]c1c([2H])c([2H])c2c(oc3c([2H])c([2H])c4c(c5c([2H])c([2H])c([2H])c([2H])c5n4-c4nc(-c5ccccc5)nc(-c5cccc(-c6ccccc6)c5)n4)c32)c1[2H]. The van der Waals surface area contributed by atoms with Gasteiger partial charge in [0.2, 0.25) is 5.95 Å². The fourth-order valence-electron chi connectivity index (χ4n) is 5.60. The van der Waals surface area contributed by atoms with Gasteiger partial charge in [-0.25, -0.2) is 4.98 Å². The fraction of sp³-hybridized carbons (Fsp3) is 0. The number of fused-ring (bicyclic) bond motifs is 7. The van der Waals surface area contributed by atoms with E-state index in [1.807, 2.05) is 84.9 Å². The first-order valence-corrected chi connectivity index (χ1v) is 13.8. The molecule has 44 heavy (non-hydrogen) atoms. The van der Waals surface area contributed by atoms with E-state index >= 15 is 0 Å². The van der Waals surface area contributed by atoms with Crippen molar-refractivity contribution < 1.29 is 18.1 Å². The van der Waals surface area contributed by atoms with Crippen molar-refractivity contribution in [2.45, 2.75) is 0 Å². The second kappa shape index (κ2) is 9.75. The Morgan fingerprint density at radius 1 is 0.500 bits per heavy atom. The lowest BCUT2D eigenvalue weighted by molar-refractivity contribution is 0.669. The summed E-state index contributed by atoms with van der Waals surface area (Å²) in [5, 5.41) is -0.0973. The molecule has 0 spiro atoms. The lowest BCUT2D eigenvalue weighted by Gasteiger charge is -2.11. The first kappa shape index (κ1) is 16.5. The molecular weight excluding hydrogens is 540 g/mol. The predicted octanol–water partition coefficient (Wildman–Crippen LogP) is 9.87. The largest absolute Gasteiger partial charge is 0.456 e. The van der Waals surface area contributed by atoms with Crippen molar-refractivity contribution >= 4 is 43.7 Å². The van der Waals surface area contributed by atoms with Gasteiger partial charge in [0, 0.05) is 32.7 Å². The molecule has 5 heteroatoms. The Hall–Kier alpha value is -6.07. The molecule has 0 bridgehead atoms. The van der Waals surface area contributed by atoms with Crippen LogP contribution >= 0.6 is 0 Å². The van der Waals surface area contributed by atoms with Gasteiger partial charge in [0.1, 0.15) is 11.2 Å². The number of aromatic nitrogens is 4. The van der Waals surface area contributed by atoms with Gasteiger partial charge in [0.25, 0.3) is 0 Å². The predicted molar refractivity (Wildman–Crippen MR) is 178 cm³/mol. The summed E-state index contributed by atoms with van der Waals surface area (Å²) >= 11 is 0. The number of hydrogen-bond acceptors (Lipinski definition) is 4.